The van der Waals surface area contributed by atoms with Crippen LogP contribution in [0.3, 0.4) is 0 Å². The van der Waals surface area contributed by atoms with Crippen LogP contribution < -0.4 is 10.6 Å². The molecule has 220 valence electrons. The minimum absolute atomic E-state index is 0.0103. The molecule has 2 N–H and O–H groups in total. The summed E-state index contributed by atoms with van der Waals surface area (Å²) < 4.78 is 5.37. The maximum absolute atomic E-state index is 13.4. The predicted molar refractivity (Wildman–Crippen MR) is 157 cm³/mol. The molecule has 1 saturated carbocycles. The molecule has 1 saturated heterocycles. The lowest BCUT2D eigenvalue weighted by Crippen LogP contribution is -2.51. The average Bonchev–Trinajstić information content (AvgIpc) is 3.35. The Morgan fingerprint density at radius 3 is 2.49 bits per heavy atom. The minimum atomic E-state index is -0.846. The van der Waals surface area contributed by atoms with E-state index in [4.69, 9.17) is 16.3 Å². The van der Waals surface area contributed by atoms with Gasteiger partial charge in [0, 0.05) is 17.5 Å². The molecule has 41 heavy (non-hydrogen) atoms. The number of hydrogen-bond donors (Lipinski definition) is 2. The molecule has 1 aliphatic heterocycles. The van der Waals surface area contributed by atoms with Crippen molar-refractivity contribution in [2.45, 2.75) is 83.0 Å². The van der Waals surface area contributed by atoms with E-state index in [-0.39, 0.29) is 30.9 Å². The largest absolute Gasteiger partial charge is 0.445 e. The number of amides is 3. The highest BCUT2D eigenvalue weighted by molar-refractivity contribution is 6.30. The van der Waals surface area contributed by atoms with Crippen molar-refractivity contribution < 1.29 is 23.9 Å². The maximum atomic E-state index is 13.4. The molecule has 3 amide bonds. The van der Waals surface area contributed by atoms with Gasteiger partial charge < -0.3 is 25.1 Å². The van der Waals surface area contributed by atoms with Gasteiger partial charge in [0.05, 0.1) is 12.1 Å². The highest BCUT2D eigenvalue weighted by Gasteiger charge is 2.37. The van der Waals surface area contributed by atoms with Crippen LogP contribution in [0.15, 0.2) is 54.6 Å². The van der Waals surface area contributed by atoms with Gasteiger partial charge in [0.2, 0.25) is 11.8 Å². The molecule has 0 radical (unpaired) electrons. The van der Waals surface area contributed by atoms with Crippen molar-refractivity contribution in [2.24, 2.45) is 11.8 Å². The van der Waals surface area contributed by atoms with Gasteiger partial charge >= 0.3 is 6.09 Å². The fourth-order valence-electron chi connectivity index (χ4n) is 5.96. The zero-order valence-corrected chi connectivity index (χ0v) is 24.4. The van der Waals surface area contributed by atoms with Crippen molar-refractivity contribution in [2.75, 3.05) is 6.54 Å². The molecule has 9 heteroatoms. The van der Waals surface area contributed by atoms with Crippen molar-refractivity contribution in [3.8, 4) is 0 Å². The lowest BCUT2D eigenvalue weighted by Gasteiger charge is -2.28. The van der Waals surface area contributed by atoms with E-state index in [1.54, 1.807) is 24.3 Å². The number of alkyl carbamates (subject to hydrolysis) is 1. The van der Waals surface area contributed by atoms with E-state index >= 15 is 0 Å². The van der Waals surface area contributed by atoms with Gasteiger partial charge in [-0.25, -0.2) is 4.79 Å². The fourth-order valence-corrected chi connectivity index (χ4v) is 6.18. The molecule has 2 aliphatic rings. The summed E-state index contributed by atoms with van der Waals surface area (Å²) >= 11 is 6.02. The second-order valence-electron chi connectivity index (χ2n) is 11.2. The molecule has 4 atom stereocenters. The molecular formula is C32H40ClN3O5. The molecular weight excluding hydrogens is 542 g/mol. The van der Waals surface area contributed by atoms with E-state index in [9.17, 15) is 19.2 Å². The summed E-state index contributed by atoms with van der Waals surface area (Å²) in [5.74, 6) is -0.507. The number of nitrogens with one attached hydrogen (secondary N) is 2. The first-order valence-electron chi connectivity index (χ1n) is 14.6. The van der Waals surface area contributed by atoms with E-state index in [0.717, 1.165) is 36.8 Å². The Hall–Kier alpha value is -3.39. The first kappa shape index (κ1) is 30.6. The molecule has 0 spiro atoms. The summed E-state index contributed by atoms with van der Waals surface area (Å²) in [7, 11) is 0. The Morgan fingerprint density at radius 1 is 1.02 bits per heavy atom. The summed E-state index contributed by atoms with van der Waals surface area (Å²) in [6.07, 6.45) is 6.63. The lowest BCUT2D eigenvalue weighted by atomic mass is 9.84. The van der Waals surface area contributed by atoms with Crippen molar-refractivity contribution in [1.82, 2.24) is 15.5 Å². The van der Waals surface area contributed by atoms with Gasteiger partial charge in [-0.05, 0) is 55.4 Å². The number of ether oxygens (including phenoxy) is 1. The highest BCUT2D eigenvalue weighted by Crippen LogP contribution is 2.31. The molecule has 1 heterocycles. The van der Waals surface area contributed by atoms with E-state index < -0.39 is 24.1 Å². The Labute approximate surface area is 247 Å². The van der Waals surface area contributed by atoms with Gasteiger partial charge in [-0.2, -0.15) is 0 Å². The van der Waals surface area contributed by atoms with Gasteiger partial charge in [-0.3, -0.25) is 9.59 Å². The molecule has 2 aromatic carbocycles. The van der Waals surface area contributed by atoms with Crippen LogP contribution in [0.2, 0.25) is 5.02 Å². The van der Waals surface area contributed by atoms with Crippen molar-refractivity contribution >= 4 is 35.8 Å². The second kappa shape index (κ2) is 15.0. The van der Waals surface area contributed by atoms with Gasteiger partial charge in [0.1, 0.15) is 18.9 Å². The molecule has 4 rings (SSSR count). The Morgan fingerprint density at radius 2 is 1.78 bits per heavy atom. The number of carbonyl (C=O) groups is 4. The van der Waals surface area contributed by atoms with Crippen LogP contribution in [0.1, 0.15) is 75.5 Å². The summed E-state index contributed by atoms with van der Waals surface area (Å²) in [4.78, 5) is 53.2. The first-order chi connectivity index (χ1) is 19.8. The van der Waals surface area contributed by atoms with E-state index in [1.807, 2.05) is 42.2 Å². The second-order valence-corrected chi connectivity index (χ2v) is 11.7. The van der Waals surface area contributed by atoms with E-state index in [0.29, 0.717) is 36.6 Å². The molecule has 3 unspecified atom stereocenters. The lowest BCUT2D eigenvalue weighted by molar-refractivity contribution is -0.133. The Bertz CT molecular complexity index is 1190. The molecule has 1 aliphatic carbocycles. The number of carbonyl (C=O) groups excluding carboxylic acids is 4. The third-order valence-electron chi connectivity index (χ3n) is 8.29. The van der Waals surface area contributed by atoms with Crippen LogP contribution >= 0.6 is 11.6 Å². The number of nitrogens with zero attached hydrogens (tertiary/aromatic N) is 1. The predicted octanol–water partition coefficient (Wildman–Crippen LogP) is 5.59. The van der Waals surface area contributed by atoms with Crippen LogP contribution in [0, 0.1) is 11.8 Å². The zero-order chi connectivity index (χ0) is 29.2. The van der Waals surface area contributed by atoms with Crippen LogP contribution in [0.5, 0.6) is 0 Å². The molecule has 0 bridgehead atoms. The number of likely N-dealkylation sites (tertiary alicyclic amines) is 1. The van der Waals surface area contributed by atoms with E-state index in [1.165, 1.54) is 6.42 Å². The first-order valence-corrected chi connectivity index (χ1v) is 15.0. The normalized spacial score (nSPS) is 19.7. The van der Waals surface area contributed by atoms with Crippen molar-refractivity contribution in [3.63, 3.8) is 0 Å². The number of hydrogen-bond acceptors (Lipinski definition) is 5. The monoisotopic (exact) mass is 581 g/mol. The number of rotatable bonds is 12. The molecule has 2 aromatic rings. The van der Waals surface area contributed by atoms with Crippen LogP contribution in [0.25, 0.3) is 0 Å². The fraction of sp³-hybridized carbons (Fsp3) is 0.500. The summed E-state index contributed by atoms with van der Waals surface area (Å²) in [5.41, 5.74) is 1.79. The van der Waals surface area contributed by atoms with Crippen LogP contribution in [0.4, 0.5) is 4.79 Å². The highest BCUT2D eigenvalue weighted by atomic mass is 35.5. The quantitative estimate of drug-likeness (QED) is 0.318. The molecule has 2 fully saturated rings. The summed E-state index contributed by atoms with van der Waals surface area (Å²) in [5, 5.41) is 6.07. The number of halogens is 1. The average molecular weight is 582 g/mol. The van der Waals surface area contributed by atoms with Crippen molar-refractivity contribution in [1.29, 1.82) is 0 Å². The topological polar surface area (TPSA) is 105 Å². The Balaban J connectivity index is 1.35. The zero-order valence-electron chi connectivity index (χ0n) is 23.6. The summed E-state index contributed by atoms with van der Waals surface area (Å²) in [6, 6.07) is 15.1. The number of benzene rings is 2. The van der Waals surface area contributed by atoms with Gasteiger partial charge in [0.25, 0.3) is 0 Å². The summed E-state index contributed by atoms with van der Waals surface area (Å²) in [6.45, 7) is 2.62. The van der Waals surface area contributed by atoms with Gasteiger partial charge in [-0.15, -0.1) is 0 Å². The number of aldehydes is 1. The maximum Gasteiger partial charge on any atom is 0.408 e. The van der Waals surface area contributed by atoms with Crippen LogP contribution in [-0.2, 0) is 25.7 Å². The SMILES string of the molecule is CC(c1ccccc1)N1CCC(CC(C=O)NC(=O)[C@H](CC2CCCCC2)NC(=O)OCc2cccc(Cl)c2)C1=O. The smallest absolute Gasteiger partial charge is 0.408 e. The molecule has 8 nitrogen and oxygen atoms in total. The standard InChI is InChI=1S/C32H40ClN3O5/c1-22(25-12-6-3-7-13-25)36-16-15-26(31(36)39)19-28(20-37)34-30(38)29(18-23-9-4-2-5-10-23)35-32(40)41-21-24-11-8-14-27(33)17-24/h3,6-8,11-14,17,20,22-23,26,28-29H,2,4-5,9-10,15-16,18-19,21H2,1H3,(H,34,38)(H,35,40)/t22?,26?,28?,29-/m0/s1. The van der Waals surface area contributed by atoms with Crippen LogP contribution in [-0.4, -0.2) is 47.7 Å². The van der Waals surface area contributed by atoms with Gasteiger partial charge in [-0.1, -0.05) is 86.2 Å². The third kappa shape index (κ3) is 8.80. The molecule has 0 aromatic heterocycles. The van der Waals surface area contributed by atoms with E-state index in [2.05, 4.69) is 10.6 Å². The Kier molecular flexibility index (Phi) is 11.2. The third-order valence-corrected chi connectivity index (χ3v) is 8.53. The van der Waals surface area contributed by atoms with Gasteiger partial charge in [0.15, 0.2) is 0 Å². The minimum Gasteiger partial charge on any atom is -0.445 e. The van der Waals surface area contributed by atoms with Crippen molar-refractivity contribution in [3.05, 3.63) is 70.7 Å².